The molecule has 1 N–H and O–H groups in total. The van der Waals surface area contributed by atoms with E-state index in [4.69, 9.17) is 32.7 Å². The number of nitrogens with one attached hydrogen (secondary N) is 1. The lowest BCUT2D eigenvalue weighted by atomic mass is 10.1. The van der Waals surface area contributed by atoms with Gasteiger partial charge >= 0.3 is 6.01 Å². The number of benzene rings is 3. The maximum absolute atomic E-state index is 11.9. The third-order valence-electron chi connectivity index (χ3n) is 5.31. The van der Waals surface area contributed by atoms with Crippen molar-refractivity contribution in [2.24, 2.45) is 0 Å². The van der Waals surface area contributed by atoms with Gasteiger partial charge in [0.05, 0.1) is 35.2 Å². The van der Waals surface area contributed by atoms with Crippen molar-refractivity contribution >= 4 is 38.9 Å². The van der Waals surface area contributed by atoms with E-state index in [1.165, 1.54) is 0 Å². The lowest BCUT2D eigenvalue weighted by molar-refractivity contribution is 0.296. The predicted octanol–water partition coefficient (Wildman–Crippen LogP) is 5.63. The van der Waals surface area contributed by atoms with Crippen LogP contribution in [0.15, 0.2) is 66.7 Å². The Morgan fingerprint density at radius 3 is 2.33 bits per heavy atom. The minimum absolute atomic E-state index is 0.0173. The molecule has 0 saturated carbocycles. The van der Waals surface area contributed by atoms with Crippen LogP contribution in [0.2, 0.25) is 10.0 Å². The molecule has 0 saturated heterocycles. The summed E-state index contributed by atoms with van der Waals surface area (Å²) in [6.07, 6.45) is 0.660. The lowest BCUT2D eigenvalue weighted by Crippen LogP contribution is -2.14. The highest BCUT2D eigenvalue weighted by Crippen LogP contribution is 2.30. The van der Waals surface area contributed by atoms with E-state index in [-0.39, 0.29) is 11.8 Å². The molecule has 1 heterocycles. The van der Waals surface area contributed by atoms with Gasteiger partial charge < -0.3 is 9.47 Å². The average Bonchev–Trinajstić information content (AvgIpc) is 3.30. The first-order valence-corrected chi connectivity index (χ1v) is 13.5. The summed E-state index contributed by atoms with van der Waals surface area (Å²) in [5, 5.41) is 5.35. The van der Waals surface area contributed by atoms with Gasteiger partial charge in [-0.15, -0.1) is 5.10 Å². The lowest BCUT2D eigenvalue weighted by Gasteiger charge is -2.09. The standard InChI is InChI=1S/C25H24Cl2N4O4S/c1-3-36(32,33)30-19-7-9-20(10-8-19)31-24(18-6-13-22(26)23(27)16-18)28-25(29-31)35-15-14-17-4-11-21(34-2)12-5-17/h4-13,16,30H,3,14-15H2,1-2H3. The third kappa shape index (κ3) is 6.29. The highest BCUT2D eigenvalue weighted by Gasteiger charge is 2.16. The number of anilines is 1. The van der Waals surface area contributed by atoms with Gasteiger partial charge in [0.1, 0.15) is 5.75 Å². The first-order chi connectivity index (χ1) is 17.3. The first-order valence-electron chi connectivity index (χ1n) is 11.1. The Kier molecular flexibility index (Phi) is 8.03. The van der Waals surface area contributed by atoms with Gasteiger partial charge in [0, 0.05) is 17.7 Å². The van der Waals surface area contributed by atoms with Crippen molar-refractivity contribution in [1.29, 1.82) is 0 Å². The zero-order chi connectivity index (χ0) is 25.7. The molecule has 3 aromatic carbocycles. The summed E-state index contributed by atoms with van der Waals surface area (Å²) in [4.78, 5) is 4.58. The molecule has 4 aromatic rings. The Morgan fingerprint density at radius 1 is 0.972 bits per heavy atom. The molecule has 0 amide bonds. The molecule has 188 valence electrons. The van der Waals surface area contributed by atoms with Crippen molar-refractivity contribution in [2.75, 3.05) is 24.2 Å². The highest BCUT2D eigenvalue weighted by molar-refractivity contribution is 7.92. The van der Waals surface area contributed by atoms with E-state index in [9.17, 15) is 8.42 Å². The smallest absolute Gasteiger partial charge is 0.336 e. The van der Waals surface area contributed by atoms with Gasteiger partial charge in [0.25, 0.3) is 0 Å². The maximum Gasteiger partial charge on any atom is 0.336 e. The fourth-order valence-electron chi connectivity index (χ4n) is 3.33. The molecule has 11 heteroatoms. The molecule has 0 aliphatic rings. The molecule has 0 unspecified atom stereocenters. The van der Waals surface area contributed by atoms with E-state index >= 15 is 0 Å². The molecule has 0 bridgehead atoms. The van der Waals surface area contributed by atoms with Gasteiger partial charge in [-0.05, 0) is 67.1 Å². The quantitative estimate of drug-likeness (QED) is 0.277. The summed E-state index contributed by atoms with van der Waals surface area (Å²) in [6, 6.07) is 19.9. The summed E-state index contributed by atoms with van der Waals surface area (Å²) in [6.45, 7) is 1.95. The van der Waals surface area contributed by atoms with Gasteiger partial charge in [-0.25, -0.2) is 13.1 Å². The summed E-state index contributed by atoms with van der Waals surface area (Å²) < 4.78 is 38.9. The van der Waals surface area contributed by atoms with E-state index in [0.717, 1.165) is 11.3 Å². The van der Waals surface area contributed by atoms with Crippen LogP contribution in [0.3, 0.4) is 0 Å². The first kappa shape index (κ1) is 25.8. The van der Waals surface area contributed by atoms with Crippen molar-refractivity contribution in [1.82, 2.24) is 14.8 Å². The molecular formula is C25H24Cl2N4O4S. The molecular weight excluding hydrogens is 523 g/mol. The van der Waals surface area contributed by atoms with Crippen LogP contribution in [0.25, 0.3) is 17.1 Å². The summed E-state index contributed by atoms with van der Waals surface area (Å²) in [5.41, 5.74) is 2.89. The number of methoxy groups -OCH3 is 1. The largest absolute Gasteiger partial charge is 0.497 e. The van der Waals surface area contributed by atoms with Gasteiger partial charge in [-0.3, -0.25) is 4.72 Å². The van der Waals surface area contributed by atoms with E-state index < -0.39 is 10.0 Å². The second kappa shape index (κ2) is 11.2. The molecule has 0 aliphatic carbocycles. The summed E-state index contributed by atoms with van der Waals surface area (Å²) in [7, 11) is -1.75. The van der Waals surface area contributed by atoms with Crippen LogP contribution in [0, 0.1) is 0 Å². The summed E-state index contributed by atoms with van der Waals surface area (Å²) in [5.74, 6) is 1.27. The van der Waals surface area contributed by atoms with Crippen LogP contribution in [0.1, 0.15) is 12.5 Å². The van der Waals surface area contributed by atoms with Crippen molar-refractivity contribution in [3.63, 3.8) is 0 Å². The van der Waals surface area contributed by atoms with E-state index in [1.807, 2.05) is 24.3 Å². The minimum atomic E-state index is -3.38. The van der Waals surface area contributed by atoms with Gasteiger partial charge in [0.2, 0.25) is 10.0 Å². The third-order valence-corrected chi connectivity index (χ3v) is 7.36. The second-order valence-electron chi connectivity index (χ2n) is 7.76. The van der Waals surface area contributed by atoms with Crippen LogP contribution in [0.4, 0.5) is 5.69 Å². The monoisotopic (exact) mass is 546 g/mol. The number of halogens is 2. The molecule has 1 aromatic heterocycles. The second-order valence-corrected chi connectivity index (χ2v) is 10.6. The van der Waals surface area contributed by atoms with Crippen LogP contribution >= 0.6 is 23.2 Å². The molecule has 36 heavy (non-hydrogen) atoms. The molecule has 8 nitrogen and oxygen atoms in total. The highest BCUT2D eigenvalue weighted by atomic mass is 35.5. The number of ether oxygens (including phenoxy) is 2. The fraction of sp³-hybridized carbons (Fsp3) is 0.200. The number of sulfonamides is 1. The molecule has 0 atom stereocenters. The van der Waals surface area contributed by atoms with E-state index in [1.54, 1.807) is 61.2 Å². The Labute approximate surface area is 219 Å². The zero-order valence-corrected chi connectivity index (χ0v) is 21.9. The summed E-state index contributed by atoms with van der Waals surface area (Å²) >= 11 is 12.3. The van der Waals surface area contributed by atoms with Crippen LogP contribution in [-0.2, 0) is 16.4 Å². The molecule has 0 aliphatic heterocycles. The number of hydrogen-bond donors (Lipinski definition) is 1. The Bertz CT molecular complexity index is 1440. The number of nitrogens with zero attached hydrogens (tertiary/aromatic N) is 3. The number of hydrogen-bond acceptors (Lipinski definition) is 6. The zero-order valence-electron chi connectivity index (χ0n) is 19.6. The molecule has 0 spiro atoms. The van der Waals surface area contributed by atoms with E-state index in [2.05, 4.69) is 14.8 Å². The number of aromatic nitrogens is 3. The predicted molar refractivity (Wildman–Crippen MR) is 142 cm³/mol. The van der Waals surface area contributed by atoms with Crippen LogP contribution in [-0.4, -0.2) is 42.7 Å². The maximum atomic E-state index is 11.9. The van der Waals surface area contributed by atoms with Crippen LogP contribution in [0.5, 0.6) is 11.8 Å². The van der Waals surface area contributed by atoms with Crippen molar-refractivity contribution in [3.8, 4) is 28.8 Å². The SMILES string of the molecule is CCS(=O)(=O)Nc1ccc(-n2nc(OCCc3ccc(OC)cc3)nc2-c2ccc(Cl)c(Cl)c2)cc1. The molecule has 4 rings (SSSR count). The molecule has 0 fully saturated rings. The Morgan fingerprint density at radius 2 is 1.69 bits per heavy atom. The van der Waals surface area contributed by atoms with Gasteiger partial charge in [-0.1, -0.05) is 35.3 Å². The topological polar surface area (TPSA) is 95.3 Å². The number of rotatable bonds is 10. The normalized spacial score (nSPS) is 11.3. The van der Waals surface area contributed by atoms with Crippen LogP contribution < -0.4 is 14.2 Å². The van der Waals surface area contributed by atoms with Crippen molar-refractivity contribution in [3.05, 3.63) is 82.3 Å². The minimum Gasteiger partial charge on any atom is -0.497 e. The van der Waals surface area contributed by atoms with Crippen molar-refractivity contribution in [2.45, 2.75) is 13.3 Å². The van der Waals surface area contributed by atoms with Gasteiger partial charge in [-0.2, -0.15) is 4.98 Å². The fourth-order valence-corrected chi connectivity index (χ4v) is 4.27. The van der Waals surface area contributed by atoms with Gasteiger partial charge in [0.15, 0.2) is 5.82 Å². The average molecular weight is 547 g/mol. The van der Waals surface area contributed by atoms with Crippen molar-refractivity contribution < 1.29 is 17.9 Å². The van der Waals surface area contributed by atoms with E-state index in [0.29, 0.717) is 45.8 Å². The Balaban J connectivity index is 1.60. The Hall–Kier alpha value is -3.27. The molecule has 0 radical (unpaired) electrons.